The fraction of sp³-hybridized carbons (Fsp3) is 0.429. The largest absolute Gasteiger partial charge is 0.443 e. The number of amides is 2. The van der Waals surface area contributed by atoms with Crippen molar-refractivity contribution in [3.63, 3.8) is 0 Å². The number of benzene rings is 1. The average Bonchev–Trinajstić information content (AvgIpc) is 3.33. The number of rotatable bonds is 9. The molecule has 0 aliphatic rings. The number of aromatic nitrogens is 3. The molecule has 0 aliphatic carbocycles. The van der Waals surface area contributed by atoms with Gasteiger partial charge in [0.05, 0.1) is 24.4 Å². The Morgan fingerprint density at radius 3 is 2.59 bits per heavy atom. The van der Waals surface area contributed by atoms with Crippen LogP contribution in [0.2, 0.25) is 0 Å². The molecule has 3 aromatic rings. The van der Waals surface area contributed by atoms with Gasteiger partial charge in [0, 0.05) is 19.5 Å². The van der Waals surface area contributed by atoms with Crippen molar-refractivity contribution >= 4 is 28.3 Å². The highest BCUT2D eigenvalue weighted by atomic mass is 32.1. The lowest BCUT2D eigenvalue weighted by Gasteiger charge is -2.23. The van der Waals surface area contributed by atoms with Gasteiger partial charge in [0.15, 0.2) is 5.82 Å². The summed E-state index contributed by atoms with van der Waals surface area (Å²) >= 11 is 1.36. The molecule has 1 atom stereocenters. The summed E-state index contributed by atoms with van der Waals surface area (Å²) in [6, 6.07) is 9.11. The smallest absolute Gasteiger partial charge is 0.409 e. The third-order valence-electron chi connectivity index (χ3n) is 4.55. The van der Waals surface area contributed by atoms with Gasteiger partial charge in [0.1, 0.15) is 12.6 Å². The van der Waals surface area contributed by atoms with Crippen LogP contribution in [0.3, 0.4) is 0 Å². The van der Waals surface area contributed by atoms with Gasteiger partial charge in [0.25, 0.3) is 0 Å². The van der Waals surface area contributed by atoms with Crippen LogP contribution in [0.25, 0.3) is 4.96 Å². The van der Waals surface area contributed by atoms with Crippen LogP contribution >= 0.6 is 11.3 Å². The summed E-state index contributed by atoms with van der Waals surface area (Å²) in [7, 11) is 3.22. The van der Waals surface area contributed by atoms with Crippen molar-refractivity contribution in [1.82, 2.24) is 24.8 Å². The predicted molar refractivity (Wildman–Crippen MR) is 120 cm³/mol. The van der Waals surface area contributed by atoms with E-state index in [1.807, 2.05) is 35.7 Å². The summed E-state index contributed by atoms with van der Waals surface area (Å²) in [5.74, 6) is 0.126. The van der Waals surface area contributed by atoms with Gasteiger partial charge in [-0.1, -0.05) is 30.3 Å². The van der Waals surface area contributed by atoms with E-state index in [-0.39, 0.29) is 19.1 Å². The Morgan fingerprint density at radius 2 is 1.94 bits per heavy atom. The molecule has 2 aromatic heterocycles. The fourth-order valence-corrected chi connectivity index (χ4v) is 3.60. The molecule has 11 heteroatoms. The lowest BCUT2D eigenvalue weighted by atomic mass is 10.1. The first kappa shape index (κ1) is 23.6. The number of thiazole rings is 1. The zero-order valence-electron chi connectivity index (χ0n) is 18.6. The van der Waals surface area contributed by atoms with Gasteiger partial charge in [-0.05, 0) is 19.4 Å². The predicted octanol–water partition coefficient (Wildman–Crippen LogP) is 2.10. The van der Waals surface area contributed by atoms with Crippen molar-refractivity contribution in [2.75, 3.05) is 20.7 Å². The molecule has 1 aromatic carbocycles. The van der Waals surface area contributed by atoms with Crippen LogP contribution in [0.5, 0.6) is 0 Å². The molecule has 0 saturated carbocycles. The topological polar surface area (TPSA) is 124 Å². The van der Waals surface area contributed by atoms with Crippen LogP contribution in [-0.2, 0) is 27.5 Å². The summed E-state index contributed by atoms with van der Waals surface area (Å²) in [6.45, 7) is 3.82. The van der Waals surface area contributed by atoms with E-state index in [4.69, 9.17) is 15.2 Å². The molecule has 0 unspecified atom stereocenters. The fourth-order valence-electron chi connectivity index (χ4n) is 2.78. The first-order chi connectivity index (χ1) is 15.2. The zero-order valence-corrected chi connectivity index (χ0v) is 19.4. The van der Waals surface area contributed by atoms with E-state index < -0.39 is 17.7 Å². The molecular formula is C21H28N6O4S. The van der Waals surface area contributed by atoms with Crippen molar-refractivity contribution in [3.8, 4) is 0 Å². The number of carbonyl (C=O) groups is 2. The average molecular weight is 461 g/mol. The monoisotopic (exact) mass is 460 g/mol. The maximum atomic E-state index is 12.6. The highest BCUT2D eigenvalue weighted by Gasteiger charge is 2.29. The second kappa shape index (κ2) is 10.1. The van der Waals surface area contributed by atoms with E-state index in [1.165, 1.54) is 16.2 Å². The van der Waals surface area contributed by atoms with Crippen LogP contribution in [0, 0.1) is 0 Å². The van der Waals surface area contributed by atoms with Crippen LogP contribution in [0.4, 0.5) is 4.79 Å². The maximum absolute atomic E-state index is 12.6. The van der Waals surface area contributed by atoms with Crippen molar-refractivity contribution in [2.24, 2.45) is 5.73 Å². The minimum Gasteiger partial charge on any atom is -0.443 e. The number of fused-ring (bicyclic) bond motifs is 1. The van der Waals surface area contributed by atoms with Gasteiger partial charge in [-0.15, -0.1) is 21.5 Å². The van der Waals surface area contributed by atoms with Crippen molar-refractivity contribution < 1.29 is 19.1 Å². The molecule has 0 radical (unpaired) electrons. The third kappa shape index (κ3) is 5.81. The zero-order chi connectivity index (χ0) is 23.3. The SMILES string of the molecule is CN(C)C(=O)OCc1csc2nnc([C@@H](COCc3ccccc3)NC(=O)C(C)(C)N)n12. The molecular weight excluding hydrogens is 432 g/mol. The molecule has 0 aliphatic heterocycles. The van der Waals surface area contributed by atoms with Crippen LogP contribution < -0.4 is 11.1 Å². The second-order valence-electron chi connectivity index (χ2n) is 8.10. The Labute approximate surface area is 190 Å². The summed E-state index contributed by atoms with van der Waals surface area (Å²) < 4.78 is 13.0. The van der Waals surface area contributed by atoms with Gasteiger partial charge in [-0.3, -0.25) is 9.20 Å². The summed E-state index contributed by atoms with van der Waals surface area (Å²) in [5, 5.41) is 13.2. The van der Waals surface area contributed by atoms with Crippen molar-refractivity contribution in [2.45, 2.75) is 38.6 Å². The van der Waals surface area contributed by atoms with E-state index in [2.05, 4.69) is 15.5 Å². The lowest BCUT2D eigenvalue weighted by Crippen LogP contribution is -2.51. The summed E-state index contributed by atoms with van der Waals surface area (Å²) in [4.78, 5) is 26.4. The molecule has 0 fully saturated rings. The summed E-state index contributed by atoms with van der Waals surface area (Å²) in [5.41, 5.74) is 6.59. The highest BCUT2D eigenvalue weighted by molar-refractivity contribution is 7.15. The van der Waals surface area contributed by atoms with Gasteiger partial charge in [0.2, 0.25) is 10.9 Å². The number of hydrogen-bond donors (Lipinski definition) is 2. The number of carbonyl (C=O) groups excluding carboxylic acids is 2. The van der Waals surface area contributed by atoms with E-state index in [0.717, 1.165) is 5.56 Å². The number of hydrogen-bond acceptors (Lipinski definition) is 8. The Hall–Kier alpha value is -3.02. The van der Waals surface area contributed by atoms with Gasteiger partial charge < -0.3 is 25.4 Å². The Bertz CT molecular complexity index is 1060. The van der Waals surface area contributed by atoms with Crippen LogP contribution in [0.1, 0.15) is 37.0 Å². The number of ether oxygens (including phenoxy) is 2. The molecule has 10 nitrogen and oxygen atoms in total. The second-order valence-corrected chi connectivity index (χ2v) is 8.94. The normalized spacial score (nSPS) is 12.5. The van der Waals surface area contributed by atoms with E-state index in [9.17, 15) is 9.59 Å². The third-order valence-corrected chi connectivity index (χ3v) is 5.42. The Balaban J connectivity index is 1.83. The molecule has 172 valence electrons. The standard InChI is InChI=1S/C21H28N6O4S/c1-21(2,22)18(28)23-16(12-30-10-14-8-6-5-7-9-14)17-24-25-19-27(17)15(13-32-19)11-31-20(29)26(3)4/h5-9,13,16H,10-12,22H2,1-4H3,(H,23,28)/t16-/m1/s1. The first-order valence-corrected chi connectivity index (χ1v) is 10.9. The molecule has 3 N–H and O–H groups in total. The Morgan fingerprint density at radius 1 is 1.22 bits per heavy atom. The van der Waals surface area contributed by atoms with E-state index >= 15 is 0 Å². The van der Waals surface area contributed by atoms with Crippen LogP contribution in [0.15, 0.2) is 35.7 Å². The number of nitrogens with one attached hydrogen (secondary N) is 1. The Kier molecular flexibility index (Phi) is 7.44. The van der Waals surface area contributed by atoms with E-state index in [1.54, 1.807) is 32.3 Å². The van der Waals surface area contributed by atoms with Crippen molar-refractivity contribution in [1.29, 1.82) is 0 Å². The lowest BCUT2D eigenvalue weighted by molar-refractivity contribution is -0.126. The quantitative estimate of drug-likeness (QED) is 0.501. The molecule has 2 heterocycles. The highest BCUT2D eigenvalue weighted by Crippen LogP contribution is 2.22. The number of nitrogens with zero attached hydrogens (tertiary/aromatic N) is 4. The molecule has 0 spiro atoms. The molecule has 3 rings (SSSR count). The van der Waals surface area contributed by atoms with Gasteiger partial charge >= 0.3 is 6.09 Å². The summed E-state index contributed by atoms with van der Waals surface area (Å²) in [6.07, 6.45) is -0.458. The molecule has 0 bridgehead atoms. The maximum Gasteiger partial charge on any atom is 0.409 e. The first-order valence-electron chi connectivity index (χ1n) is 10.0. The minimum atomic E-state index is -1.08. The molecule has 2 amide bonds. The molecule has 0 saturated heterocycles. The van der Waals surface area contributed by atoms with E-state index in [0.29, 0.717) is 23.1 Å². The number of nitrogens with two attached hydrogens (primary N) is 1. The minimum absolute atomic E-state index is 0.0377. The van der Waals surface area contributed by atoms with Gasteiger partial charge in [-0.2, -0.15) is 0 Å². The molecule has 32 heavy (non-hydrogen) atoms. The van der Waals surface area contributed by atoms with Crippen LogP contribution in [-0.4, -0.2) is 57.7 Å². The van der Waals surface area contributed by atoms with Gasteiger partial charge in [-0.25, -0.2) is 4.79 Å². The van der Waals surface area contributed by atoms with Crippen molar-refractivity contribution in [3.05, 3.63) is 52.8 Å².